The molecule has 0 saturated heterocycles. The van der Waals surface area contributed by atoms with Crippen LogP contribution in [0.3, 0.4) is 0 Å². The van der Waals surface area contributed by atoms with Crippen molar-refractivity contribution >= 4 is 41.1 Å². The van der Waals surface area contributed by atoms with Gasteiger partial charge in [0.15, 0.2) is 5.70 Å². The highest BCUT2D eigenvalue weighted by atomic mass is 35.5. The fraction of sp³-hybridized carbons (Fsp3) is 0.100. The van der Waals surface area contributed by atoms with E-state index in [0.717, 1.165) is 16.9 Å². The first-order valence-corrected chi connectivity index (χ1v) is 8.53. The van der Waals surface area contributed by atoms with E-state index in [-0.39, 0.29) is 11.6 Å². The number of hydrogen-bond acceptors (Lipinski definition) is 4. The third-order valence-electron chi connectivity index (χ3n) is 3.46. The van der Waals surface area contributed by atoms with Crippen molar-refractivity contribution in [3.63, 3.8) is 0 Å². The van der Waals surface area contributed by atoms with E-state index >= 15 is 0 Å². The maximum atomic E-state index is 12.1. The SMILES string of the molecule is C=C(C)COc1ccc(/C=C2\N=C(c3ccc(Cl)c(Cl)c3)OC2=O)cc1. The Morgan fingerprint density at radius 3 is 2.58 bits per heavy atom. The lowest BCUT2D eigenvalue weighted by atomic mass is 10.2. The number of cyclic esters (lactones) is 1. The summed E-state index contributed by atoms with van der Waals surface area (Å²) in [6, 6.07) is 12.2. The minimum atomic E-state index is -0.520. The van der Waals surface area contributed by atoms with Gasteiger partial charge in [0.1, 0.15) is 12.4 Å². The van der Waals surface area contributed by atoms with Crippen LogP contribution in [0.2, 0.25) is 10.0 Å². The first-order chi connectivity index (χ1) is 12.4. The second kappa shape index (κ2) is 7.77. The van der Waals surface area contributed by atoms with Crippen LogP contribution in [0.1, 0.15) is 18.1 Å². The normalized spacial score (nSPS) is 15.0. The number of rotatable bonds is 5. The number of ether oxygens (including phenoxy) is 2. The molecule has 1 aliphatic heterocycles. The van der Waals surface area contributed by atoms with Gasteiger partial charge >= 0.3 is 5.97 Å². The van der Waals surface area contributed by atoms with Crippen molar-refractivity contribution in [2.75, 3.05) is 6.61 Å². The van der Waals surface area contributed by atoms with E-state index in [1.165, 1.54) is 0 Å². The summed E-state index contributed by atoms with van der Waals surface area (Å²) in [6.45, 7) is 6.15. The standard InChI is InChI=1S/C20H15Cl2NO3/c1-12(2)11-25-15-6-3-13(4-7-15)9-18-20(24)26-19(23-18)14-5-8-16(21)17(22)10-14/h3-10H,1,11H2,2H3/b18-9-. The van der Waals surface area contributed by atoms with E-state index in [1.807, 2.05) is 31.2 Å². The maximum absolute atomic E-state index is 12.1. The molecule has 3 rings (SSSR count). The van der Waals surface area contributed by atoms with Crippen LogP contribution >= 0.6 is 23.2 Å². The Hall–Kier alpha value is -2.56. The van der Waals surface area contributed by atoms with E-state index < -0.39 is 5.97 Å². The molecule has 0 spiro atoms. The average Bonchev–Trinajstić information content (AvgIpc) is 2.97. The average molecular weight is 388 g/mol. The van der Waals surface area contributed by atoms with Crippen molar-refractivity contribution in [1.29, 1.82) is 0 Å². The van der Waals surface area contributed by atoms with Gasteiger partial charge in [-0.25, -0.2) is 9.79 Å². The summed E-state index contributed by atoms with van der Waals surface area (Å²) in [5.41, 5.74) is 2.54. The number of hydrogen-bond donors (Lipinski definition) is 0. The van der Waals surface area contributed by atoms with Gasteiger partial charge in [-0.1, -0.05) is 41.9 Å². The van der Waals surface area contributed by atoms with Crippen LogP contribution in [-0.4, -0.2) is 18.5 Å². The van der Waals surface area contributed by atoms with Crippen LogP contribution in [0.15, 0.2) is 65.3 Å². The predicted molar refractivity (Wildman–Crippen MR) is 104 cm³/mol. The highest BCUT2D eigenvalue weighted by Crippen LogP contribution is 2.26. The molecular formula is C20H15Cl2NO3. The Labute approximate surface area is 161 Å². The Balaban J connectivity index is 1.79. The molecule has 0 aliphatic carbocycles. The molecule has 132 valence electrons. The Bertz CT molecular complexity index is 931. The van der Waals surface area contributed by atoms with Crippen molar-refractivity contribution in [2.45, 2.75) is 6.92 Å². The maximum Gasteiger partial charge on any atom is 0.363 e. The molecule has 0 radical (unpaired) electrons. The Morgan fingerprint density at radius 1 is 1.19 bits per heavy atom. The molecular weight excluding hydrogens is 373 g/mol. The summed E-state index contributed by atoms with van der Waals surface area (Å²) in [5, 5.41) is 0.788. The van der Waals surface area contributed by atoms with Crippen LogP contribution in [-0.2, 0) is 9.53 Å². The van der Waals surface area contributed by atoms with E-state index in [9.17, 15) is 4.79 Å². The zero-order chi connectivity index (χ0) is 18.7. The number of benzene rings is 2. The van der Waals surface area contributed by atoms with Crippen molar-refractivity contribution in [2.24, 2.45) is 4.99 Å². The van der Waals surface area contributed by atoms with Gasteiger partial charge in [0, 0.05) is 5.56 Å². The molecule has 4 nitrogen and oxygen atoms in total. The van der Waals surface area contributed by atoms with E-state index in [1.54, 1.807) is 24.3 Å². The zero-order valence-corrected chi connectivity index (χ0v) is 15.5. The number of nitrogens with zero attached hydrogens (tertiary/aromatic N) is 1. The predicted octanol–water partition coefficient (Wildman–Crippen LogP) is 5.29. The van der Waals surface area contributed by atoms with Crippen LogP contribution in [0.25, 0.3) is 6.08 Å². The van der Waals surface area contributed by atoms with Crippen molar-refractivity contribution < 1.29 is 14.3 Å². The molecule has 0 saturated carbocycles. The van der Waals surface area contributed by atoms with Gasteiger partial charge in [-0.05, 0) is 54.5 Å². The van der Waals surface area contributed by atoms with Gasteiger partial charge in [-0.3, -0.25) is 0 Å². The number of carbonyl (C=O) groups is 1. The quantitative estimate of drug-likeness (QED) is 0.397. The zero-order valence-electron chi connectivity index (χ0n) is 14.0. The molecule has 2 aromatic carbocycles. The van der Waals surface area contributed by atoms with Gasteiger partial charge in [0.2, 0.25) is 5.90 Å². The third kappa shape index (κ3) is 4.34. The van der Waals surface area contributed by atoms with Crippen LogP contribution in [0, 0.1) is 0 Å². The third-order valence-corrected chi connectivity index (χ3v) is 4.19. The van der Waals surface area contributed by atoms with Gasteiger partial charge in [-0.15, -0.1) is 0 Å². The molecule has 6 heteroatoms. The number of halogens is 2. The first-order valence-electron chi connectivity index (χ1n) is 7.77. The molecule has 0 aromatic heterocycles. The van der Waals surface area contributed by atoms with E-state index in [4.69, 9.17) is 32.7 Å². The lowest BCUT2D eigenvalue weighted by molar-refractivity contribution is -0.129. The van der Waals surface area contributed by atoms with Gasteiger partial charge in [-0.2, -0.15) is 0 Å². The first kappa shape index (κ1) is 18.2. The van der Waals surface area contributed by atoms with Crippen molar-refractivity contribution in [1.82, 2.24) is 0 Å². The van der Waals surface area contributed by atoms with Crippen molar-refractivity contribution in [3.05, 3.63) is 81.5 Å². The summed E-state index contributed by atoms with van der Waals surface area (Å²) >= 11 is 11.9. The van der Waals surface area contributed by atoms with E-state index in [2.05, 4.69) is 11.6 Å². The van der Waals surface area contributed by atoms with Crippen LogP contribution in [0.4, 0.5) is 0 Å². The van der Waals surface area contributed by atoms with Gasteiger partial charge < -0.3 is 9.47 Å². The molecule has 0 fully saturated rings. The smallest absolute Gasteiger partial charge is 0.363 e. The van der Waals surface area contributed by atoms with Crippen molar-refractivity contribution in [3.8, 4) is 5.75 Å². The second-order valence-electron chi connectivity index (χ2n) is 5.78. The number of esters is 1. The Morgan fingerprint density at radius 2 is 1.92 bits per heavy atom. The molecule has 0 amide bonds. The monoisotopic (exact) mass is 387 g/mol. The number of carbonyl (C=O) groups excluding carboxylic acids is 1. The fourth-order valence-corrected chi connectivity index (χ4v) is 2.48. The fourth-order valence-electron chi connectivity index (χ4n) is 2.19. The van der Waals surface area contributed by atoms with Gasteiger partial charge in [0.25, 0.3) is 0 Å². The lowest BCUT2D eigenvalue weighted by Crippen LogP contribution is -2.05. The van der Waals surface area contributed by atoms with Crippen LogP contribution in [0.5, 0.6) is 5.75 Å². The van der Waals surface area contributed by atoms with Gasteiger partial charge in [0.05, 0.1) is 10.0 Å². The minimum Gasteiger partial charge on any atom is -0.489 e. The topological polar surface area (TPSA) is 47.9 Å². The summed E-state index contributed by atoms with van der Waals surface area (Å²) in [6.07, 6.45) is 1.65. The molecule has 2 aromatic rings. The highest BCUT2D eigenvalue weighted by Gasteiger charge is 2.24. The minimum absolute atomic E-state index is 0.196. The molecule has 1 heterocycles. The lowest BCUT2D eigenvalue weighted by Gasteiger charge is -2.05. The summed E-state index contributed by atoms with van der Waals surface area (Å²) in [4.78, 5) is 16.3. The second-order valence-corrected chi connectivity index (χ2v) is 6.59. The molecule has 0 unspecified atom stereocenters. The summed E-state index contributed by atoms with van der Waals surface area (Å²) < 4.78 is 10.8. The summed E-state index contributed by atoms with van der Waals surface area (Å²) in [7, 11) is 0. The highest BCUT2D eigenvalue weighted by molar-refractivity contribution is 6.42. The largest absolute Gasteiger partial charge is 0.489 e. The Kier molecular flexibility index (Phi) is 5.45. The van der Waals surface area contributed by atoms with E-state index in [0.29, 0.717) is 22.2 Å². The molecule has 0 N–H and O–H groups in total. The molecule has 0 atom stereocenters. The molecule has 26 heavy (non-hydrogen) atoms. The molecule has 0 bridgehead atoms. The van der Waals surface area contributed by atoms with Crippen LogP contribution < -0.4 is 4.74 Å². The summed E-state index contributed by atoms with van der Waals surface area (Å²) in [5.74, 6) is 0.402. The number of aliphatic imine (C=N–C) groups is 1. The molecule has 1 aliphatic rings.